The molecule has 0 aliphatic carbocycles. The molecule has 218 valence electrons. The number of rotatable bonds is 5. The number of anilines is 1. The molecular weight excluding hydrogens is 540 g/mol. The molecule has 9 nitrogen and oxygen atoms in total. The van der Waals surface area contributed by atoms with Gasteiger partial charge in [-0.25, -0.2) is 9.78 Å². The molecule has 0 spiro atoms. The lowest BCUT2D eigenvalue weighted by atomic mass is 10.1. The number of aryl methyl sites for hydroxylation is 1. The van der Waals surface area contributed by atoms with Crippen molar-refractivity contribution in [2.75, 3.05) is 38.1 Å². The van der Waals surface area contributed by atoms with Crippen LogP contribution in [0.4, 0.5) is 10.6 Å². The van der Waals surface area contributed by atoms with Crippen molar-refractivity contribution in [3.63, 3.8) is 0 Å². The van der Waals surface area contributed by atoms with E-state index < -0.39 is 6.09 Å². The van der Waals surface area contributed by atoms with Gasteiger partial charge in [-0.2, -0.15) is 0 Å². The number of amides is 2. The summed E-state index contributed by atoms with van der Waals surface area (Å²) in [6.07, 6.45) is 2.18. The summed E-state index contributed by atoms with van der Waals surface area (Å²) in [4.78, 5) is 42.7. The minimum absolute atomic E-state index is 0.0936. The Labute approximate surface area is 250 Å². The number of pyridine rings is 1. The van der Waals surface area contributed by atoms with E-state index in [4.69, 9.17) is 14.7 Å². The number of carbonyl (C=O) groups excluding carboxylic acids is 2. The predicted octanol–water partition coefficient (Wildman–Crippen LogP) is 5.51. The fraction of sp³-hybridized carbons (Fsp3) is 0.294. The normalized spacial score (nSPS) is 15.4. The third kappa shape index (κ3) is 5.32. The number of hydrogen-bond acceptors (Lipinski definition) is 6. The number of hydrogen-bond donors (Lipinski definition) is 0. The second-order valence-corrected chi connectivity index (χ2v) is 11.3. The molecular formula is C34H34N6O3. The molecule has 2 aliphatic heterocycles. The van der Waals surface area contributed by atoms with Crippen molar-refractivity contribution in [1.29, 1.82) is 0 Å². The molecule has 0 bridgehead atoms. The highest BCUT2D eigenvalue weighted by Gasteiger charge is 2.33. The van der Waals surface area contributed by atoms with Crippen LogP contribution in [0.1, 0.15) is 34.8 Å². The van der Waals surface area contributed by atoms with Gasteiger partial charge in [0.1, 0.15) is 11.6 Å². The van der Waals surface area contributed by atoms with Crippen LogP contribution in [0.5, 0.6) is 5.75 Å². The first-order valence-electron chi connectivity index (χ1n) is 14.9. The Hall–Kier alpha value is -4.76. The maximum Gasteiger partial charge on any atom is 0.420 e. The number of aromatic nitrogens is 3. The van der Waals surface area contributed by atoms with Crippen LogP contribution in [0.2, 0.25) is 0 Å². The second-order valence-electron chi connectivity index (χ2n) is 11.3. The number of imidazole rings is 1. The van der Waals surface area contributed by atoms with Crippen molar-refractivity contribution in [1.82, 2.24) is 24.3 Å². The Bertz CT molecular complexity index is 1820. The summed E-state index contributed by atoms with van der Waals surface area (Å²) < 4.78 is 7.86. The lowest BCUT2D eigenvalue weighted by molar-refractivity contribution is 0.0616. The van der Waals surface area contributed by atoms with Crippen LogP contribution in [-0.2, 0) is 19.5 Å². The molecule has 3 aromatic carbocycles. The fourth-order valence-electron chi connectivity index (χ4n) is 6.13. The molecule has 0 radical (unpaired) electrons. The van der Waals surface area contributed by atoms with Crippen LogP contribution in [0.15, 0.2) is 78.9 Å². The topological polar surface area (TPSA) is 83.8 Å². The molecule has 0 atom stereocenters. The Balaban J connectivity index is 1.08. The second kappa shape index (κ2) is 11.5. The van der Waals surface area contributed by atoms with Gasteiger partial charge in [0.2, 0.25) is 0 Å². The van der Waals surface area contributed by atoms with Crippen LogP contribution in [0, 0.1) is 0 Å². The molecule has 1 saturated heterocycles. The number of fused-ring (bicyclic) bond motifs is 3. The summed E-state index contributed by atoms with van der Waals surface area (Å²) in [5.41, 5.74) is 2.49. The highest BCUT2D eigenvalue weighted by molar-refractivity contribution is 6.02. The third-order valence-corrected chi connectivity index (χ3v) is 8.50. The van der Waals surface area contributed by atoms with Crippen molar-refractivity contribution in [2.45, 2.75) is 32.4 Å². The summed E-state index contributed by atoms with van der Waals surface area (Å²) in [7, 11) is 1.63. The average Bonchev–Trinajstić information content (AvgIpc) is 3.44. The monoisotopic (exact) mass is 574 g/mol. The molecule has 43 heavy (non-hydrogen) atoms. The van der Waals surface area contributed by atoms with Crippen LogP contribution in [-0.4, -0.2) is 69.6 Å². The molecule has 2 aromatic heterocycles. The fourth-order valence-corrected chi connectivity index (χ4v) is 6.13. The molecule has 5 aromatic rings. The van der Waals surface area contributed by atoms with Crippen LogP contribution < -0.4 is 9.64 Å². The molecule has 1 fully saturated rings. The van der Waals surface area contributed by atoms with Gasteiger partial charge in [0.05, 0.1) is 11.2 Å². The highest BCUT2D eigenvalue weighted by atomic mass is 16.6. The van der Waals surface area contributed by atoms with Crippen molar-refractivity contribution >= 4 is 39.5 Å². The van der Waals surface area contributed by atoms with Crippen molar-refractivity contribution in [3.05, 3.63) is 96.1 Å². The van der Waals surface area contributed by atoms with Gasteiger partial charge in [-0.15, -0.1) is 0 Å². The van der Waals surface area contributed by atoms with E-state index in [0.29, 0.717) is 36.9 Å². The zero-order chi connectivity index (χ0) is 29.3. The quantitative estimate of drug-likeness (QED) is 0.275. The third-order valence-electron chi connectivity index (χ3n) is 8.50. The SMILES string of the molecule is CN(C(=O)Oc1cccc2ccccc12)c1nc2n(c1C(=O)N1CCN(Cc3ccc4ccccc4n3)CC1)CCCC2. The largest absolute Gasteiger partial charge is 0.420 e. The first-order valence-corrected chi connectivity index (χ1v) is 14.9. The summed E-state index contributed by atoms with van der Waals surface area (Å²) in [6.45, 7) is 4.13. The number of ether oxygens (including phenoxy) is 1. The first kappa shape index (κ1) is 27.1. The van der Waals surface area contributed by atoms with Crippen molar-refractivity contribution < 1.29 is 14.3 Å². The number of nitrogens with zero attached hydrogens (tertiary/aromatic N) is 6. The summed E-state index contributed by atoms with van der Waals surface area (Å²) in [5, 5.41) is 2.97. The molecule has 9 heteroatoms. The van der Waals surface area contributed by atoms with Gasteiger partial charge < -0.3 is 14.2 Å². The average molecular weight is 575 g/mol. The molecule has 2 aliphatic rings. The van der Waals surface area contributed by atoms with Crippen LogP contribution in [0.25, 0.3) is 21.7 Å². The number of piperazine rings is 1. The molecule has 0 unspecified atom stereocenters. The Kier molecular flexibility index (Phi) is 7.24. The first-order chi connectivity index (χ1) is 21.0. The Morgan fingerprint density at radius 3 is 2.44 bits per heavy atom. The van der Waals surface area contributed by atoms with E-state index in [0.717, 1.165) is 72.1 Å². The van der Waals surface area contributed by atoms with Gasteiger partial charge in [0.15, 0.2) is 11.5 Å². The van der Waals surface area contributed by atoms with E-state index in [2.05, 4.69) is 23.1 Å². The molecule has 0 saturated carbocycles. The van der Waals surface area contributed by atoms with Gasteiger partial charge >= 0.3 is 6.09 Å². The van der Waals surface area contributed by atoms with E-state index >= 15 is 0 Å². The van der Waals surface area contributed by atoms with Gasteiger partial charge in [0.25, 0.3) is 5.91 Å². The lowest BCUT2D eigenvalue weighted by Crippen LogP contribution is -2.49. The van der Waals surface area contributed by atoms with E-state index in [9.17, 15) is 9.59 Å². The predicted molar refractivity (Wildman–Crippen MR) is 166 cm³/mol. The summed E-state index contributed by atoms with van der Waals surface area (Å²) in [5.74, 6) is 1.58. The minimum atomic E-state index is -0.575. The number of benzene rings is 3. The van der Waals surface area contributed by atoms with Gasteiger partial charge in [-0.3, -0.25) is 19.6 Å². The van der Waals surface area contributed by atoms with E-state index in [1.807, 2.05) is 64.1 Å². The molecule has 2 amide bonds. The van der Waals surface area contributed by atoms with Crippen LogP contribution in [0.3, 0.4) is 0 Å². The zero-order valence-electron chi connectivity index (χ0n) is 24.3. The number of carbonyl (C=O) groups is 2. The molecule has 0 N–H and O–H groups in total. The van der Waals surface area contributed by atoms with Crippen molar-refractivity contribution in [2.24, 2.45) is 0 Å². The van der Waals surface area contributed by atoms with Crippen LogP contribution >= 0.6 is 0 Å². The van der Waals surface area contributed by atoms with Gasteiger partial charge in [-0.05, 0) is 36.4 Å². The van der Waals surface area contributed by atoms with Crippen molar-refractivity contribution in [3.8, 4) is 5.75 Å². The van der Waals surface area contributed by atoms with E-state index in [1.54, 1.807) is 13.1 Å². The maximum atomic E-state index is 14.1. The maximum absolute atomic E-state index is 14.1. The van der Waals surface area contributed by atoms with E-state index in [1.165, 1.54) is 4.90 Å². The lowest BCUT2D eigenvalue weighted by Gasteiger charge is -2.35. The standard InChI is InChI=1S/C34H34N6O3/c1-37(34(42)43-29-14-8-11-24-9-2-4-12-27(24)29)32-31(40-18-7-6-15-30(40)36-32)33(41)39-21-19-38(20-22-39)23-26-17-16-25-10-3-5-13-28(25)35-26/h2-5,8-14,16-17H,6-7,15,18-23H2,1H3. The number of para-hydroxylation sites is 1. The molecule has 7 rings (SSSR count). The Morgan fingerprint density at radius 2 is 1.58 bits per heavy atom. The van der Waals surface area contributed by atoms with Gasteiger partial charge in [0, 0.05) is 63.5 Å². The smallest absolute Gasteiger partial charge is 0.409 e. The van der Waals surface area contributed by atoms with E-state index in [-0.39, 0.29) is 5.91 Å². The molecule has 4 heterocycles. The van der Waals surface area contributed by atoms with Gasteiger partial charge in [-0.1, -0.05) is 60.7 Å². The minimum Gasteiger partial charge on any atom is -0.409 e. The zero-order valence-corrected chi connectivity index (χ0v) is 24.3. The highest BCUT2D eigenvalue weighted by Crippen LogP contribution is 2.30. The summed E-state index contributed by atoms with van der Waals surface area (Å²) >= 11 is 0. The summed E-state index contributed by atoms with van der Waals surface area (Å²) in [6, 6.07) is 25.7. The Morgan fingerprint density at radius 1 is 0.814 bits per heavy atom.